The van der Waals surface area contributed by atoms with Crippen LogP contribution in [0.15, 0.2) is 48.7 Å². The van der Waals surface area contributed by atoms with Crippen LogP contribution in [0.5, 0.6) is 0 Å². The van der Waals surface area contributed by atoms with Crippen molar-refractivity contribution in [1.29, 1.82) is 0 Å². The number of benzene rings is 2. The Bertz CT molecular complexity index is 1300. The maximum absolute atomic E-state index is 12.2. The van der Waals surface area contributed by atoms with Crippen LogP contribution in [0.1, 0.15) is 46.2 Å². The van der Waals surface area contributed by atoms with Crippen LogP contribution in [-0.2, 0) is 0 Å². The summed E-state index contributed by atoms with van der Waals surface area (Å²) in [5.41, 5.74) is 4.85. The number of fused-ring (bicyclic) bond motifs is 3. The molecule has 2 atom stereocenters. The van der Waals surface area contributed by atoms with Gasteiger partial charge in [-0.3, -0.25) is 9.69 Å². The first-order chi connectivity index (χ1) is 17.1. The van der Waals surface area contributed by atoms with E-state index in [2.05, 4.69) is 54.9 Å². The molecule has 3 aliphatic rings. The molecule has 0 saturated carbocycles. The monoisotopic (exact) mass is 486 g/mol. The molecule has 35 heavy (non-hydrogen) atoms. The molecule has 2 unspecified atom stereocenters. The van der Waals surface area contributed by atoms with Crippen LogP contribution in [0.25, 0.3) is 0 Å². The number of anilines is 4. The molecular weight excluding hydrogens is 460 g/mol. The number of nitrogens with zero attached hydrogens (tertiary/aromatic N) is 3. The second-order valence-electron chi connectivity index (χ2n) is 8.98. The molecule has 1 saturated heterocycles. The summed E-state index contributed by atoms with van der Waals surface area (Å²) in [4.78, 5) is 23.6. The lowest BCUT2D eigenvalue weighted by molar-refractivity contribution is 0.0964. The van der Waals surface area contributed by atoms with Gasteiger partial charge in [0.1, 0.15) is 5.02 Å². The normalized spacial score (nSPS) is 18.8. The average Bonchev–Trinajstić information content (AvgIpc) is 3.16. The first-order valence-corrected chi connectivity index (χ1v) is 12.1. The van der Waals surface area contributed by atoms with Crippen molar-refractivity contribution in [3.05, 3.63) is 70.4 Å². The van der Waals surface area contributed by atoms with Gasteiger partial charge in [0.25, 0.3) is 5.91 Å². The number of nitrogens with one attached hydrogen (secondary N) is 3. The quantitative estimate of drug-likeness (QED) is 0.430. The van der Waals surface area contributed by atoms with Crippen LogP contribution in [-0.4, -0.2) is 47.5 Å². The zero-order chi connectivity index (χ0) is 24.4. The summed E-state index contributed by atoms with van der Waals surface area (Å²) < 4.78 is 0. The highest BCUT2D eigenvalue weighted by atomic mass is 35.5. The van der Waals surface area contributed by atoms with E-state index in [0.29, 0.717) is 46.4 Å². The second-order valence-corrected chi connectivity index (χ2v) is 9.39. The molecule has 6 rings (SSSR count). The van der Waals surface area contributed by atoms with E-state index >= 15 is 0 Å². The summed E-state index contributed by atoms with van der Waals surface area (Å²) in [7, 11) is 1.60. The number of aromatic nitrogens is 2. The maximum Gasteiger partial charge on any atom is 0.253 e. The van der Waals surface area contributed by atoms with Gasteiger partial charge in [0.2, 0.25) is 5.95 Å². The summed E-state index contributed by atoms with van der Waals surface area (Å²) in [6.45, 7) is 2.71. The van der Waals surface area contributed by atoms with Gasteiger partial charge >= 0.3 is 0 Å². The maximum atomic E-state index is 12.2. The Labute approximate surface area is 210 Å². The predicted molar refractivity (Wildman–Crippen MR) is 140 cm³/mol. The molecule has 7 nitrogen and oxygen atoms in total. The predicted octanol–water partition coefficient (Wildman–Crippen LogP) is 4.89. The van der Waals surface area contributed by atoms with E-state index in [1.807, 2.05) is 6.07 Å². The number of rotatable bonds is 6. The van der Waals surface area contributed by atoms with Gasteiger partial charge in [-0.1, -0.05) is 35.7 Å². The van der Waals surface area contributed by atoms with Crippen molar-refractivity contribution >= 4 is 40.6 Å². The Morgan fingerprint density at radius 3 is 2.69 bits per heavy atom. The average molecular weight is 487 g/mol. The third-order valence-electron chi connectivity index (χ3n) is 6.75. The van der Waals surface area contributed by atoms with E-state index in [1.54, 1.807) is 31.4 Å². The van der Waals surface area contributed by atoms with Crippen molar-refractivity contribution < 1.29 is 4.79 Å². The van der Waals surface area contributed by atoms with Gasteiger partial charge in [0, 0.05) is 25.8 Å². The standard InChI is InChI=1S/C27H27ClN6O/c1-3-12-34-15-17-8-9-18(16-34)22-13-19(10-11-20(17)22)31-27-30-14-23(28)25(33-27)32-24-7-5-4-6-21(24)26(35)29-2/h1,4-7,10-11,13-14,17-18H,8-9,12,15-16H2,2H3,(H,29,35)(H2,30,31,32,33). The Hall–Kier alpha value is -3.60. The Balaban J connectivity index is 1.39. The largest absolute Gasteiger partial charge is 0.355 e. The molecule has 0 spiro atoms. The highest BCUT2D eigenvalue weighted by molar-refractivity contribution is 6.33. The lowest BCUT2D eigenvalue weighted by atomic mass is 9.78. The number of carbonyl (C=O) groups excluding carboxylic acids is 1. The minimum absolute atomic E-state index is 0.197. The van der Waals surface area contributed by atoms with Crippen molar-refractivity contribution in [1.82, 2.24) is 20.2 Å². The minimum atomic E-state index is -0.197. The summed E-state index contributed by atoms with van der Waals surface area (Å²) in [6.07, 6.45) is 9.52. The van der Waals surface area contributed by atoms with Crippen LogP contribution in [0.4, 0.5) is 23.1 Å². The van der Waals surface area contributed by atoms with E-state index in [1.165, 1.54) is 24.0 Å². The number of hydrogen-bond acceptors (Lipinski definition) is 6. The van der Waals surface area contributed by atoms with Gasteiger partial charge in [-0.25, -0.2) is 4.98 Å². The molecule has 1 amide bonds. The molecule has 3 N–H and O–H groups in total. The SMILES string of the molecule is C#CCN1CC2CCC(C1)c1cc(Nc3ncc(Cl)c(Nc4ccccc4C(=O)NC)n3)ccc12. The van der Waals surface area contributed by atoms with Crippen LogP contribution >= 0.6 is 11.6 Å². The Morgan fingerprint density at radius 2 is 1.91 bits per heavy atom. The molecule has 3 heterocycles. The molecule has 8 heteroatoms. The van der Waals surface area contributed by atoms with E-state index in [4.69, 9.17) is 18.0 Å². The molecule has 1 fully saturated rings. The van der Waals surface area contributed by atoms with Gasteiger partial charge in [-0.2, -0.15) is 4.98 Å². The van der Waals surface area contributed by atoms with Crippen molar-refractivity contribution in [3.8, 4) is 12.3 Å². The highest BCUT2D eigenvalue weighted by Crippen LogP contribution is 2.43. The number of carbonyl (C=O) groups is 1. The van der Waals surface area contributed by atoms with Crippen LogP contribution < -0.4 is 16.0 Å². The first-order valence-electron chi connectivity index (χ1n) is 11.7. The minimum Gasteiger partial charge on any atom is -0.355 e. The van der Waals surface area contributed by atoms with Crippen molar-refractivity contribution in [3.63, 3.8) is 0 Å². The third kappa shape index (κ3) is 4.81. The first kappa shape index (κ1) is 23.2. The number of hydrogen-bond donors (Lipinski definition) is 3. The van der Waals surface area contributed by atoms with Crippen LogP contribution in [0, 0.1) is 12.3 Å². The second kappa shape index (κ2) is 9.95. The molecule has 3 aromatic rings. The zero-order valence-electron chi connectivity index (χ0n) is 19.5. The van der Waals surface area contributed by atoms with Crippen LogP contribution in [0.2, 0.25) is 5.02 Å². The Kier molecular flexibility index (Phi) is 6.58. The number of amides is 1. The third-order valence-corrected chi connectivity index (χ3v) is 7.03. The van der Waals surface area contributed by atoms with Crippen molar-refractivity contribution in [2.75, 3.05) is 37.3 Å². The zero-order valence-corrected chi connectivity index (χ0v) is 20.3. The molecule has 2 bridgehead atoms. The van der Waals surface area contributed by atoms with Gasteiger partial charge in [0.15, 0.2) is 5.82 Å². The molecule has 2 aromatic carbocycles. The van der Waals surface area contributed by atoms with Crippen molar-refractivity contribution in [2.24, 2.45) is 0 Å². The lowest BCUT2D eigenvalue weighted by Gasteiger charge is -2.27. The fourth-order valence-electron chi connectivity index (χ4n) is 5.12. The summed E-state index contributed by atoms with van der Waals surface area (Å²) >= 11 is 6.38. The van der Waals surface area contributed by atoms with Gasteiger partial charge in [0.05, 0.1) is 24.0 Å². The lowest BCUT2D eigenvalue weighted by Crippen LogP contribution is -2.27. The summed E-state index contributed by atoms with van der Waals surface area (Å²) in [5, 5.41) is 9.50. The molecule has 1 aromatic heterocycles. The van der Waals surface area contributed by atoms with Gasteiger partial charge < -0.3 is 16.0 Å². The molecule has 2 aliphatic heterocycles. The van der Waals surface area contributed by atoms with E-state index in [0.717, 1.165) is 18.8 Å². The summed E-state index contributed by atoms with van der Waals surface area (Å²) in [6, 6.07) is 13.7. The van der Waals surface area contributed by atoms with Crippen LogP contribution in [0.3, 0.4) is 0 Å². The van der Waals surface area contributed by atoms with E-state index < -0.39 is 0 Å². The number of halogens is 1. The molecule has 1 aliphatic carbocycles. The van der Waals surface area contributed by atoms with Gasteiger partial charge in [-0.05, 0) is 60.1 Å². The Morgan fingerprint density at radius 1 is 1.14 bits per heavy atom. The van der Waals surface area contributed by atoms with Gasteiger partial charge in [-0.15, -0.1) is 6.42 Å². The number of terminal acetylenes is 1. The summed E-state index contributed by atoms with van der Waals surface area (Å²) in [5.74, 6) is 4.44. The smallest absolute Gasteiger partial charge is 0.253 e. The van der Waals surface area contributed by atoms with E-state index in [9.17, 15) is 4.79 Å². The molecule has 178 valence electrons. The fourth-order valence-corrected chi connectivity index (χ4v) is 5.26. The fraction of sp³-hybridized carbons (Fsp3) is 0.296. The number of para-hydroxylation sites is 1. The highest BCUT2D eigenvalue weighted by Gasteiger charge is 2.33. The topological polar surface area (TPSA) is 82.2 Å². The van der Waals surface area contributed by atoms with E-state index in [-0.39, 0.29) is 5.91 Å². The molecule has 0 radical (unpaired) electrons. The van der Waals surface area contributed by atoms with Crippen molar-refractivity contribution in [2.45, 2.75) is 24.7 Å². The molecular formula is C27H27ClN6O.